The molecule has 0 saturated carbocycles. The zero-order valence-corrected chi connectivity index (χ0v) is 19.9. The summed E-state index contributed by atoms with van der Waals surface area (Å²) in [4.78, 5) is 29.6. The van der Waals surface area contributed by atoms with Crippen LogP contribution < -0.4 is 15.4 Å². The minimum Gasteiger partial charge on any atom is -0.497 e. The molecule has 0 aliphatic rings. The van der Waals surface area contributed by atoms with E-state index in [1.165, 1.54) is 16.6 Å². The number of ether oxygens (including phenoxy) is 1. The summed E-state index contributed by atoms with van der Waals surface area (Å²) in [5.41, 5.74) is 1.64. The van der Waals surface area contributed by atoms with Gasteiger partial charge in [0.2, 0.25) is 5.91 Å². The van der Waals surface area contributed by atoms with Crippen molar-refractivity contribution in [2.24, 2.45) is 0 Å². The van der Waals surface area contributed by atoms with Crippen molar-refractivity contribution in [2.75, 3.05) is 19.4 Å². The number of methoxy groups -OCH3 is 1. The van der Waals surface area contributed by atoms with Crippen LogP contribution in [0.3, 0.4) is 0 Å². The van der Waals surface area contributed by atoms with Gasteiger partial charge in [-0.2, -0.15) is 0 Å². The highest BCUT2D eigenvalue weighted by molar-refractivity contribution is 7.99. The van der Waals surface area contributed by atoms with Crippen molar-refractivity contribution in [1.82, 2.24) is 30.4 Å². The van der Waals surface area contributed by atoms with Crippen molar-refractivity contribution < 1.29 is 14.3 Å². The molecule has 0 atom stereocenters. The molecule has 0 radical (unpaired) electrons. The Balaban J connectivity index is 1.42. The molecule has 174 valence electrons. The molecular weight excluding hydrogens is 472 g/mol. The minimum absolute atomic E-state index is 0.00295. The van der Waals surface area contributed by atoms with E-state index in [0.717, 1.165) is 23.4 Å². The Morgan fingerprint density at radius 3 is 2.59 bits per heavy atom. The number of benzene rings is 1. The molecular formula is C23H22N6O3S2. The number of amides is 3. The van der Waals surface area contributed by atoms with Gasteiger partial charge in [0, 0.05) is 35.1 Å². The maximum Gasteiger partial charge on any atom is 0.321 e. The number of thioether (sulfide) groups is 1. The molecule has 0 unspecified atom stereocenters. The molecule has 0 fully saturated rings. The third-order valence-corrected chi connectivity index (χ3v) is 6.59. The van der Waals surface area contributed by atoms with Gasteiger partial charge in [0.15, 0.2) is 11.0 Å². The van der Waals surface area contributed by atoms with E-state index in [9.17, 15) is 9.59 Å². The maximum absolute atomic E-state index is 12.4. The van der Waals surface area contributed by atoms with Crippen molar-refractivity contribution in [2.45, 2.75) is 11.6 Å². The molecule has 0 aliphatic heterocycles. The fraction of sp³-hybridized carbons (Fsp3) is 0.174. The summed E-state index contributed by atoms with van der Waals surface area (Å²) in [7, 11) is 1.61. The maximum atomic E-state index is 12.4. The van der Waals surface area contributed by atoms with Crippen LogP contribution in [0.4, 0.5) is 4.79 Å². The topological polar surface area (TPSA) is 111 Å². The Hall–Kier alpha value is -3.70. The predicted octanol–water partition coefficient (Wildman–Crippen LogP) is 3.56. The van der Waals surface area contributed by atoms with E-state index in [1.54, 1.807) is 30.8 Å². The molecule has 34 heavy (non-hydrogen) atoms. The summed E-state index contributed by atoms with van der Waals surface area (Å²) in [6, 6.07) is 14.6. The van der Waals surface area contributed by atoms with Crippen LogP contribution in [0.25, 0.3) is 17.1 Å². The van der Waals surface area contributed by atoms with Crippen LogP contribution in [0.15, 0.2) is 71.5 Å². The van der Waals surface area contributed by atoms with E-state index >= 15 is 0 Å². The number of pyridine rings is 1. The highest BCUT2D eigenvalue weighted by Crippen LogP contribution is 2.28. The van der Waals surface area contributed by atoms with E-state index in [2.05, 4.69) is 25.8 Å². The summed E-state index contributed by atoms with van der Waals surface area (Å²) >= 11 is 2.82. The monoisotopic (exact) mass is 494 g/mol. The summed E-state index contributed by atoms with van der Waals surface area (Å²) in [5, 5.41) is 16.2. The number of hydrogen-bond donors (Lipinski definition) is 2. The van der Waals surface area contributed by atoms with Crippen LogP contribution in [0, 0.1) is 0 Å². The van der Waals surface area contributed by atoms with Gasteiger partial charge in [0.25, 0.3) is 0 Å². The molecule has 0 saturated heterocycles. The van der Waals surface area contributed by atoms with Crippen molar-refractivity contribution >= 4 is 35.0 Å². The normalized spacial score (nSPS) is 10.6. The van der Waals surface area contributed by atoms with Gasteiger partial charge >= 0.3 is 6.03 Å². The summed E-state index contributed by atoms with van der Waals surface area (Å²) < 4.78 is 7.11. The van der Waals surface area contributed by atoms with Gasteiger partial charge in [-0.05, 0) is 54.3 Å². The Kier molecular flexibility index (Phi) is 7.89. The fourth-order valence-electron chi connectivity index (χ4n) is 3.11. The second-order valence-electron chi connectivity index (χ2n) is 7.00. The second-order valence-corrected chi connectivity index (χ2v) is 8.97. The molecule has 3 amide bonds. The molecule has 0 bridgehead atoms. The Morgan fingerprint density at radius 2 is 1.88 bits per heavy atom. The first-order valence-electron chi connectivity index (χ1n) is 10.4. The third-order valence-electron chi connectivity index (χ3n) is 4.72. The standard InChI is InChI=1S/C23H22N6O3S2/c1-32-18-6-4-17(5-7-18)29-21(16-8-11-24-12-9-16)27-28-23(29)34-15-20(30)26-22(31)25-13-10-19-3-2-14-33-19/h2-9,11-12,14H,10,13,15H2,1H3,(H2,25,26,30,31). The number of urea groups is 1. The minimum atomic E-state index is -0.517. The first-order chi connectivity index (χ1) is 16.6. The molecule has 1 aromatic carbocycles. The summed E-state index contributed by atoms with van der Waals surface area (Å²) in [5.74, 6) is 0.916. The average molecular weight is 495 g/mol. The van der Waals surface area contributed by atoms with Gasteiger partial charge in [-0.25, -0.2) is 4.79 Å². The molecule has 4 rings (SSSR count). The predicted molar refractivity (Wildman–Crippen MR) is 131 cm³/mol. The summed E-state index contributed by atoms with van der Waals surface area (Å²) in [6.07, 6.45) is 4.08. The van der Waals surface area contributed by atoms with Crippen LogP contribution in [0.2, 0.25) is 0 Å². The number of carbonyl (C=O) groups is 2. The Labute approximate surface area is 204 Å². The van der Waals surface area contributed by atoms with Crippen LogP contribution in [0.1, 0.15) is 4.88 Å². The van der Waals surface area contributed by atoms with E-state index in [-0.39, 0.29) is 5.75 Å². The molecule has 0 spiro atoms. The van der Waals surface area contributed by atoms with Gasteiger partial charge in [-0.1, -0.05) is 17.8 Å². The highest BCUT2D eigenvalue weighted by Gasteiger charge is 2.18. The van der Waals surface area contributed by atoms with Crippen molar-refractivity contribution in [1.29, 1.82) is 0 Å². The van der Waals surface area contributed by atoms with Crippen molar-refractivity contribution in [3.63, 3.8) is 0 Å². The number of imide groups is 1. The van der Waals surface area contributed by atoms with Crippen LogP contribution in [-0.2, 0) is 11.2 Å². The SMILES string of the molecule is COc1ccc(-n2c(SCC(=O)NC(=O)NCCc3cccs3)nnc2-c2ccncc2)cc1. The van der Waals surface area contributed by atoms with Crippen molar-refractivity contribution in [3.8, 4) is 22.8 Å². The molecule has 4 aromatic rings. The van der Waals surface area contributed by atoms with Gasteiger partial charge in [-0.15, -0.1) is 21.5 Å². The number of rotatable bonds is 9. The van der Waals surface area contributed by atoms with Crippen LogP contribution in [0.5, 0.6) is 5.75 Å². The van der Waals surface area contributed by atoms with E-state index < -0.39 is 11.9 Å². The molecule has 2 N–H and O–H groups in total. The zero-order valence-electron chi connectivity index (χ0n) is 18.3. The average Bonchev–Trinajstić information content (AvgIpc) is 3.53. The molecule has 3 heterocycles. The lowest BCUT2D eigenvalue weighted by atomic mass is 10.2. The number of thiophene rings is 1. The number of nitrogens with zero attached hydrogens (tertiary/aromatic N) is 4. The van der Waals surface area contributed by atoms with Gasteiger partial charge < -0.3 is 10.1 Å². The molecule has 0 aliphatic carbocycles. The lowest BCUT2D eigenvalue weighted by molar-refractivity contribution is -0.117. The Bertz CT molecular complexity index is 1230. The zero-order chi connectivity index (χ0) is 23.8. The third kappa shape index (κ3) is 6.00. The lowest BCUT2D eigenvalue weighted by Gasteiger charge is -2.11. The number of aromatic nitrogens is 4. The van der Waals surface area contributed by atoms with Gasteiger partial charge in [0.1, 0.15) is 5.75 Å². The molecule has 9 nitrogen and oxygen atoms in total. The van der Waals surface area contributed by atoms with E-state index in [4.69, 9.17) is 4.74 Å². The summed E-state index contributed by atoms with van der Waals surface area (Å²) in [6.45, 7) is 0.452. The lowest BCUT2D eigenvalue weighted by Crippen LogP contribution is -2.41. The van der Waals surface area contributed by atoms with Crippen molar-refractivity contribution in [3.05, 3.63) is 71.2 Å². The first kappa shape index (κ1) is 23.5. The van der Waals surface area contributed by atoms with Crippen LogP contribution in [-0.4, -0.2) is 51.1 Å². The van der Waals surface area contributed by atoms with Crippen LogP contribution >= 0.6 is 23.1 Å². The van der Waals surface area contributed by atoms with E-state index in [0.29, 0.717) is 17.5 Å². The number of hydrogen-bond acceptors (Lipinski definition) is 8. The van der Waals surface area contributed by atoms with E-state index in [1.807, 2.05) is 58.5 Å². The fourth-order valence-corrected chi connectivity index (χ4v) is 4.57. The van der Waals surface area contributed by atoms with Gasteiger partial charge in [-0.3, -0.25) is 19.7 Å². The smallest absolute Gasteiger partial charge is 0.321 e. The Morgan fingerprint density at radius 1 is 1.09 bits per heavy atom. The highest BCUT2D eigenvalue weighted by atomic mass is 32.2. The second kappa shape index (κ2) is 11.4. The number of nitrogens with one attached hydrogen (secondary N) is 2. The largest absolute Gasteiger partial charge is 0.497 e. The quantitative estimate of drug-likeness (QED) is 0.342. The molecule has 3 aromatic heterocycles. The van der Waals surface area contributed by atoms with Gasteiger partial charge in [0.05, 0.1) is 12.9 Å². The molecule has 11 heteroatoms. The number of carbonyl (C=O) groups excluding carboxylic acids is 2. The first-order valence-corrected chi connectivity index (χ1v) is 12.2.